The number of fused-ring (bicyclic) bond motifs is 1. The Hall–Kier alpha value is -3.08. The van der Waals surface area contributed by atoms with E-state index in [2.05, 4.69) is 5.10 Å². The lowest BCUT2D eigenvalue weighted by atomic mass is 10.3. The lowest BCUT2D eigenvalue weighted by Gasteiger charge is -2.15. The highest BCUT2D eigenvalue weighted by Gasteiger charge is 2.25. The van der Waals surface area contributed by atoms with Crippen LogP contribution >= 0.6 is 0 Å². The normalized spacial score (nSPS) is 12.1. The SMILES string of the molecule is COc1ccc(S(=O)(=O)n2cc3c(=O)n(C(C)C)c(=O)n(C(C)C)c3n2)cc1OC. The molecule has 0 N–H and O–H groups in total. The molecule has 0 amide bonds. The molecule has 0 saturated carbocycles. The highest BCUT2D eigenvalue weighted by molar-refractivity contribution is 7.89. The maximum Gasteiger partial charge on any atom is 0.333 e. The van der Waals surface area contributed by atoms with Gasteiger partial charge in [0.25, 0.3) is 15.6 Å². The number of methoxy groups -OCH3 is 2. The molecular weight excluding hydrogens is 412 g/mol. The number of rotatable bonds is 6. The minimum absolute atomic E-state index is 0.0148. The minimum atomic E-state index is -4.16. The third-order valence-corrected chi connectivity index (χ3v) is 6.22. The molecule has 0 unspecified atom stereocenters. The number of hydrogen-bond donors (Lipinski definition) is 0. The Kier molecular flexibility index (Phi) is 5.50. The first-order chi connectivity index (χ1) is 14.0. The maximum absolute atomic E-state index is 13.2. The van der Waals surface area contributed by atoms with Crippen LogP contribution in [0.2, 0.25) is 0 Å². The zero-order valence-corrected chi connectivity index (χ0v) is 18.4. The Labute approximate surface area is 173 Å². The summed E-state index contributed by atoms with van der Waals surface area (Å²) in [6, 6.07) is 3.39. The van der Waals surface area contributed by atoms with E-state index in [1.165, 1.54) is 37.0 Å². The molecule has 0 aliphatic heterocycles. The standard InChI is InChI=1S/C19H24N4O6S/c1-11(2)22-17-14(18(24)23(12(3)4)19(22)25)10-21(20-17)30(26,27)13-7-8-15(28-5)16(9-13)29-6/h7-12H,1-6H3. The van der Waals surface area contributed by atoms with Gasteiger partial charge in [0.1, 0.15) is 5.39 Å². The number of aromatic nitrogens is 4. The van der Waals surface area contributed by atoms with E-state index in [9.17, 15) is 18.0 Å². The zero-order valence-electron chi connectivity index (χ0n) is 17.6. The number of nitrogens with zero attached hydrogens (tertiary/aromatic N) is 4. The van der Waals surface area contributed by atoms with Crippen molar-refractivity contribution in [1.29, 1.82) is 0 Å². The molecule has 2 heterocycles. The number of benzene rings is 1. The number of hydrogen-bond acceptors (Lipinski definition) is 7. The van der Waals surface area contributed by atoms with Crippen molar-refractivity contribution in [2.24, 2.45) is 0 Å². The summed E-state index contributed by atoms with van der Waals surface area (Å²) in [6.45, 7) is 6.95. The molecule has 30 heavy (non-hydrogen) atoms. The van der Waals surface area contributed by atoms with E-state index in [0.717, 1.165) is 10.8 Å². The minimum Gasteiger partial charge on any atom is -0.493 e. The topological polar surface area (TPSA) is 114 Å². The van der Waals surface area contributed by atoms with Crippen molar-refractivity contribution in [2.45, 2.75) is 44.7 Å². The van der Waals surface area contributed by atoms with E-state index in [-0.39, 0.29) is 27.7 Å². The molecule has 3 aromatic rings. The monoisotopic (exact) mass is 436 g/mol. The van der Waals surface area contributed by atoms with E-state index in [0.29, 0.717) is 9.84 Å². The molecule has 0 spiro atoms. The van der Waals surface area contributed by atoms with Gasteiger partial charge in [0.05, 0.1) is 25.3 Å². The molecule has 0 fully saturated rings. The van der Waals surface area contributed by atoms with Gasteiger partial charge in [-0.05, 0) is 39.8 Å². The van der Waals surface area contributed by atoms with E-state index in [1.54, 1.807) is 27.7 Å². The van der Waals surface area contributed by atoms with Crippen LogP contribution in [0.1, 0.15) is 39.8 Å². The van der Waals surface area contributed by atoms with Gasteiger partial charge in [0, 0.05) is 18.2 Å². The smallest absolute Gasteiger partial charge is 0.333 e. The van der Waals surface area contributed by atoms with Crippen molar-refractivity contribution in [2.75, 3.05) is 14.2 Å². The number of ether oxygens (including phenoxy) is 2. The molecule has 0 aliphatic rings. The predicted octanol–water partition coefficient (Wildman–Crippen LogP) is 1.78. The van der Waals surface area contributed by atoms with Crippen LogP contribution in [0.4, 0.5) is 0 Å². The summed E-state index contributed by atoms with van der Waals surface area (Å²) in [4.78, 5) is 25.7. The second kappa shape index (κ2) is 7.63. The second-order valence-electron chi connectivity index (χ2n) is 7.28. The predicted molar refractivity (Wildman–Crippen MR) is 111 cm³/mol. The van der Waals surface area contributed by atoms with Crippen LogP contribution in [0.15, 0.2) is 38.9 Å². The fraction of sp³-hybridized carbons (Fsp3) is 0.421. The fourth-order valence-electron chi connectivity index (χ4n) is 3.23. The summed E-state index contributed by atoms with van der Waals surface area (Å²) in [6.07, 6.45) is 1.14. The Morgan fingerprint density at radius 1 is 0.933 bits per heavy atom. The van der Waals surface area contributed by atoms with Crippen molar-refractivity contribution in [1.82, 2.24) is 18.3 Å². The van der Waals surface area contributed by atoms with E-state index < -0.39 is 27.3 Å². The molecule has 3 rings (SSSR count). The third-order valence-electron chi connectivity index (χ3n) is 4.70. The average Bonchev–Trinajstić information content (AvgIpc) is 3.12. The van der Waals surface area contributed by atoms with Gasteiger partial charge in [-0.1, -0.05) is 0 Å². The van der Waals surface area contributed by atoms with Crippen LogP contribution in [-0.2, 0) is 10.0 Å². The summed E-state index contributed by atoms with van der Waals surface area (Å²) in [5, 5.41) is 4.15. The van der Waals surface area contributed by atoms with Gasteiger partial charge in [-0.15, -0.1) is 5.10 Å². The molecule has 10 nitrogen and oxygen atoms in total. The molecule has 0 saturated heterocycles. The highest BCUT2D eigenvalue weighted by atomic mass is 32.2. The molecule has 0 atom stereocenters. The highest BCUT2D eigenvalue weighted by Crippen LogP contribution is 2.30. The first kappa shape index (κ1) is 21.6. The van der Waals surface area contributed by atoms with E-state index >= 15 is 0 Å². The van der Waals surface area contributed by atoms with Gasteiger partial charge in [-0.2, -0.15) is 12.5 Å². The first-order valence-corrected chi connectivity index (χ1v) is 10.7. The van der Waals surface area contributed by atoms with Crippen molar-refractivity contribution in [3.8, 4) is 11.5 Å². The summed E-state index contributed by atoms with van der Waals surface area (Å²) in [5.74, 6) is 0.604. The van der Waals surface area contributed by atoms with Crippen LogP contribution in [0.25, 0.3) is 11.0 Å². The van der Waals surface area contributed by atoms with Crippen LogP contribution in [0.5, 0.6) is 11.5 Å². The first-order valence-electron chi connectivity index (χ1n) is 9.28. The van der Waals surface area contributed by atoms with E-state index in [4.69, 9.17) is 9.47 Å². The van der Waals surface area contributed by atoms with Crippen molar-refractivity contribution in [3.63, 3.8) is 0 Å². The average molecular weight is 436 g/mol. The Bertz CT molecular complexity index is 1330. The summed E-state index contributed by atoms with van der Waals surface area (Å²) < 4.78 is 39.8. The molecule has 11 heteroatoms. The van der Waals surface area contributed by atoms with Crippen molar-refractivity contribution >= 4 is 21.1 Å². The van der Waals surface area contributed by atoms with E-state index in [1.807, 2.05) is 0 Å². The summed E-state index contributed by atoms with van der Waals surface area (Å²) in [7, 11) is -1.32. The van der Waals surface area contributed by atoms with Crippen LogP contribution in [0, 0.1) is 0 Å². The summed E-state index contributed by atoms with van der Waals surface area (Å²) >= 11 is 0. The van der Waals surface area contributed by atoms with Crippen molar-refractivity contribution < 1.29 is 17.9 Å². The van der Waals surface area contributed by atoms with Gasteiger partial charge in [0.2, 0.25) is 0 Å². The van der Waals surface area contributed by atoms with Gasteiger partial charge < -0.3 is 9.47 Å². The van der Waals surface area contributed by atoms with Gasteiger partial charge in [0.15, 0.2) is 17.1 Å². The Morgan fingerprint density at radius 2 is 1.53 bits per heavy atom. The molecular formula is C19H24N4O6S. The Morgan fingerprint density at radius 3 is 2.07 bits per heavy atom. The van der Waals surface area contributed by atoms with Gasteiger partial charge >= 0.3 is 5.69 Å². The van der Waals surface area contributed by atoms with Crippen LogP contribution < -0.4 is 20.7 Å². The van der Waals surface area contributed by atoms with Crippen LogP contribution in [0.3, 0.4) is 0 Å². The fourth-order valence-corrected chi connectivity index (χ4v) is 4.37. The molecule has 0 radical (unpaired) electrons. The zero-order chi connectivity index (χ0) is 22.4. The largest absolute Gasteiger partial charge is 0.493 e. The van der Waals surface area contributed by atoms with Crippen LogP contribution in [-0.4, -0.2) is 41.0 Å². The molecule has 0 bridgehead atoms. The Balaban J connectivity index is 2.33. The molecule has 1 aromatic carbocycles. The molecule has 2 aromatic heterocycles. The third kappa shape index (κ3) is 3.28. The molecule has 0 aliphatic carbocycles. The lowest BCUT2D eigenvalue weighted by Crippen LogP contribution is -2.41. The summed E-state index contributed by atoms with van der Waals surface area (Å²) in [5.41, 5.74) is -1.11. The van der Waals surface area contributed by atoms with Gasteiger partial charge in [-0.25, -0.2) is 4.79 Å². The second-order valence-corrected chi connectivity index (χ2v) is 9.07. The quantitative estimate of drug-likeness (QED) is 0.578. The lowest BCUT2D eigenvalue weighted by molar-refractivity contribution is 0.354. The van der Waals surface area contributed by atoms with Gasteiger partial charge in [-0.3, -0.25) is 13.9 Å². The maximum atomic E-state index is 13.2. The molecule has 162 valence electrons. The van der Waals surface area contributed by atoms with Crippen molar-refractivity contribution in [3.05, 3.63) is 45.2 Å².